The first-order chi connectivity index (χ1) is 9.83. The average Bonchev–Trinajstić information content (AvgIpc) is 2.37. The highest BCUT2D eigenvalue weighted by Gasteiger charge is 2.10. The molecule has 1 aromatic carbocycles. The van der Waals surface area contributed by atoms with Gasteiger partial charge in [-0.2, -0.15) is 0 Å². The van der Waals surface area contributed by atoms with E-state index in [1.807, 2.05) is 32.3 Å². The molecule has 0 fully saturated rings. The highest BCUT2D eigenvalue weighted by atomic mass is 15.1. The minimum atomic E-state index is -0.0288. The fourth-order valence-electron chi connectivity index (χ4n) is 1.87. The van der Waals surface area contributed by atoms with E-state index < -0.39 is 0 Å². The predicted octanol–water partition coefficient (Wildman–Crippen LogP) is 3.50. The zero-order chi connectivity index (χ0) is 15.5. The fraction of sp³-hybridized carbons (Fsp3) is 0.375. The molecule has 0 saturated carbocycles. The molecular formula is C16H23N5. The van der Waals surface area contributed by atoms with E-state index >= 15 is 0 Å². The third kappa shape index (κ3) is 4.63. The molecule has 0 aliphatic rings. The zero-order valence-corrected chi connectivity index (χ0v) is 13.3. The number of benzene rings is 1. The molecular weight excluding hydrogens is 262 g/mol. The second-order valence-corrected chi connectivity index (χ2v) is 6.23. The van der Waals surface area contributed by atoms with Crippen molar-refractivity contribution in [3.8, 4) is 0 Å². The Balaban J connectivity index is 2.10. The van der Waals surface area contributed by atoms with Gasteiger partial charge in [0.25, 0.3) is 0 Å². The lowest BCUT2D eigenvalue weighted by Crippen LogP contribution is -2.26. The number of nitrogens with zero attached hydrogens (tertiary/aromatic N) is 3. The van der Waals surface area contributed by atoms with Gasteiger partial charge in [-0.15, -0.1) is 0 Å². The van der Waals surface area contributed by atoms with Crippen molar-refractivity contribution in [2.45, 2.75) is 26.3 Å². The SMILES string of the molecule is CN(C)c1ccc(Nc2cc(NC(C)(C)C)ncn2)cc1. The van der Waals surface area contributed by atoms with E-state index in [0.717, 1.165) is 17.3 Å². The van der Waals surface area contributed by atoms with Crippen molar-refractivity contribution in [1.82, 2.24) is 9.97 Å². The maximum absolute atomic E-state index is 4.25. The molecule has 2 aromatic rings. The number of anilines is 4. The Kier molecular flexibility index (Phi) is 4.31. The predicted molar refractivity (Wildman–Crippen MR) is 89.5 cm³/mol. The van der Waals surface area contributed by atoms with Crippen LogP contribution >= 0.6 is 0 Å². The quantitative estimate of drug-likeness (QED) is 0.900. The zero-order valence-electron chi connectivity index (χ0n) is 13.3. The summed E-state index contributed by atoms with van der Waals surface area (Å²) in [7, 11) is 4.05. The Morgan fingerprint density at radius 1 is 0.952 bits per heavy atom. The van der Waals surface area contributed by atoms with Gasteiger partial charge < -0.3 is 15.5 Å². The Hall–Kier alpha value is -2.30. The van der Waals surface area contributed by atoms with Crippen LogP contribution in [0, 0.1) is 0 Å². The molecule has 0 spiro atoms. The summed E-state index contributed by atoms with van der Waals surface area (Å²) in [5, 5.41) is 6.62. The fourth-order valence-corrected chi connectivity index (χ4v) is 1.87. The van der Waals surface area contributed by atoms with E-state index in [2.05, 4.69) is 58.4 Å². The molecule has 5 heteroatoms. The van der Waals surface area contributed by atoms with Gasteiger partial charge >= 0.3 is 0 Å². The molecule has 2 rings (SSSR count). The van der Waals surface area contributed by atoms with Gasteiger partial charge in [0, 0.05) is 37.1 Å². The van der Waals surface area contributed by atoms with Gasteiger partial charge in [-0.3, -0.25) is 0 Å². The lowest BCUT2D eigenvalue weighted by Gasteiger charge is -2.21. The Morgan fingerprint density at radius 2 is 1.57 bits per heavy atom. The first-order valence-corrected chi connectivity index (χ1v) is 6.98. The third-order valence-corrected chi connectivity index (χ3v) is 2.83. The minimum absolute atomic E-state index is 0.0288. The van der Waals surface area contributed by atoms with Crippen LogP contribution in [0.3, 0.4) is 0 Å². The molecule has 0 aliphatic heterocycles. The molecule has 0 amide bonds. The molecule has 2 N–H and O–H groups in total. The molecule has 1 aromatic heterocycles. The number of rotatable bonds is 4. The molecule has 0 radical (unpaired) electrons. The minimum Gasteiger partial charge on any atom is -0.378 e. The van der Waals surface area contributed by atoms with Crippen LogP contribution in [0.1, 0.15) is 20.8 Å². The lowest BCUT2D eigenvalue weighted by molar-refractivity contribution is 0.630. The van der Waals surface area contributed by atoms with E-state index in [9.17, 15) is 0 Å². The molecule has 1 heterocycles. The van der Waals surface area contributed by atoms with E-state index in [1.165, 1.54) is 5.69 Å². The van der Waals surface area contributed by atoms with Crippen molar-refractivity contribution in [3.63, 3.8) is 0 Å². The van der Waals surface area contributed by atoms with Crippen molar-refractivity contribution >= 4 is 23.0 Å². The Labute approximate surface area is 126 Å². The van der Waals surface area contributed by atoms with Crippen LogP contribution in [0.15, 0.2) is 36.7 Å². The van der Waals surface area contributed by atoms with Crippen molar-refractivity contribution in [3.05, 3.63) is 36.7 Å². The van der Waals surface area contributed by atoms with Gasteiger partial charge in [-0.1, -0.05) is 0 Å². The third-order valence-electron chi connectivity index (χ3n) is 2.83. The lowest BCUT2D eigenvalue weighted by atomic mass is 10.1. The van der Waals surface area contributed by atoms with Crippen LogP contribution in [-0.4, -0.2) is 29.6 Å². The summed E-state index contributed by atoms with van der Waals surface area (Å²) in [6.45, 7) is 6.30. The summed E-state index contributed by atoms with van der Waals surface area (Å²) < 4.78 is 0. The first-order valence-electron chi connectivity index (χ1n) is 6.98. The molecule has 21 heavy (non-hydrogen) atoms. The molecule has 0 bridgehead atoms. The second-order valence-electron chi connectivity index (χ2n) is 6.23. The maximum Gasteiger partial charge on any atom is 0.135 e. The maximum atomic E-state index is 4.25. The summed E-state index contributed by atoms with van der Waals surface area (Å²) in [5.74, 6) is 1.58. The van der Waals surface area contributed by atoms with E-state index in [4.69, 9.17) is 0 Å². The summed E-state index contributed by atoms with van der Waals surface area (Å²) in [6.07, 6.45) is 1.56. The molecule has 0 unspecified atom stereocenters. The van der Waals surface area contributed by atoms with Gasteiger partial charge in [0.05, 0.1) is 0 Å². The van der Waals surface area contributed by atoms with Crippen LogP contribution in [0.2, 0.25) is 0 Å². The molecule has 0 saturated heterocycles. The number of nitrogens with one attached hydrogen (secondary N) is 2. The Bertz CT molecular complexity index is 584. The molecule has 0 atom stereocenters. The number of hydrogen-bond donors (Lipinski definition) is 2. The van der Waals surface area contributed by atoms with Crippen LogP contribution in [0.25, 0.3) is 0 Å². The normalized spacial score (nSPS) is 11.1. The van der Waals surface area contributed by atoms with Crippen LogP contribution < -0.4 is 15.5 Å². The van der Waals surface area contributed by atoms with E-state index in [-0.39, 0.29) is 5.54 Å². The van der Waals surface area contributed by atoms with Crippen LogP contribution in [-0.2, 0) is 0 Å². The largest absolute Gasteiger partial charge is 0.378 e. The average molecular weight is 285 g/mol. The summed E-state index contributed by atoms with van der Waals surface area (Å²) in [5.41, 5.74) is 2.14. The molecule has 0 aliphatic carbocycles. The van der Waals surface area contributed by atoms with Crippen LogP contribution in [0.4, 0.5) is 23.0 Å². The number of aromatic nitrogens is 2. The monoisotopic (exact) mass is 285 g/mol. The van der Waals surface area contributed by atoms with Gasteiger partial charge in [0.2, 0.25) is 0 Å². The van der Waals surface area contributed by atoms with Crippen molar-refractivity contribution < 1.29 is 0 Å². The second kappa shape index (κ2) is 5.99. The molecule has 112 valence electrons. The van der Waals surface area contributed by atoms with Crippen LogP contribution in [0.5, 0.6) is 0 Å². The first kappa shape index (κ1) is 15.1. The topological polar surface area (TPSA) is 53.1 Å². The van der Waals surface area contributed by atoms with Crippen molar-refractivity contribution in [2.24, 2.45) is 0 Å². The van der Waals surface area contributed by atoms with E-state index in [1.54, 1.807) is 6.33 Å². The van der Waals surface area contributed by atoms with Crippen molar-refractivity contribution in [2.75, 3.05) is 29.6 Å². The van der Waals surface area contributed by atoms with Gasteiger partial charge in [0.1, 0.15) is 18.0 Å². The van der Waals surface area contributed by atoms with E-state index in [0.29, 0.717) is 0 Å². The standard InChI is InChI=1S/C16H23N5/c1-16(2,3)20-15-10-14(17-11-18-15)19-12-6-8-13(9-7-12)21(4)5/h6-11H,1-5H3,(H2,17,18,19,20). The summed E-state index contributed by atoms with van der Waals surface area (Å²) in [4.78, 5) is 10.6. The summed E-state index contributed by atoms with van der Waals surface area (Å²) >= 11 is 0. The summed E-state index contributed by atoms with van der Waals surface area (Å²) in [6, 6.07) is 10.1. The molecule has 5 nitrogen and oxygen atoms in total. The van der Waals surface area contributed by atoms with Gasteiger partial charge in [0.15, 0.2) is 0 Å². The number of hydrogen-bond acceptors (Lipinski definition) is 5. The smallest absolute Gasteiger partial charge is 0.135 e. The highest BCUT2D eigenvalue weighted by Crippen LogP contribution is 2.20. The van der Waals surface area contributed by atoms with Gasteiger partial charge in [-0.05, 0) is 45.0 Å². The highest BCUT2D eigenvalue weighted by molar-refractivity contribution is 5.62. The van der Waals surface area contributed by atoms with Crippen molar-refractivity contribution in [1.29, 1.82) is 0 Å². The van der Waals surface area contributed by atoms with Gasteiger partial charge in [-0.25, -0.2) is 9.97 Å². The Morgan fingerprint density at radius 3 is 2.14 bits per heavy atom.